The molecule has 1 N–H and O–H groups in total. The van der Waals surface area contributed by atoms with Gasteiger partial charge in [0.05, 0.1) is 7.11 Å². The zero-order valence-corrected chi connectivity index (χ0v) is 10.0. The quantitative estimate of drug-likeness (QED) is 0.859. The van der Waals surface area contributed by atoms with Crippen molar-refractivity contribution in [3.63, 3.8) is 0 Å². The van der Waals surface area contributed by atoms with Crippen molar-refractivity contribution in [1.29, 1.82) is 0 Å². The van der Waals surface area contributed by atoms with Gasteiger partial charge in [-0.3, -0.25) is 0 Å². The Morgan fingerprint density at radius 1 is 1.31 bits per heavy atom. The molecule has 0 aromatic heterocycles. The van der Waals surface area contributed by atoms with E-state index in [9.17, 15) is 4.39 Å². The molecule has 1 fully saturated rings. The predicted octanol–water partition coefficient (Wildman–Crippen LogP) is 1.67. The van der Waals surface area contributed by atoms with Crippen molar-refractivity contribution in [2.75, 3.05) is 38.2 Å². The van der Waals surface area contributed by atoms with E-state index in [4.69, 9.17) is 4.74 Å². The minimum absolute atomic E-state index is 0. The molecule has 0 unspecified atom stereocenters. The van der Waals surface area contributed by atoms with Crippen LogP contribution in [-0.4, -0.2) is 33.3 Å². The monoisotopic (exact) mass is 246 g/mol. The molecule has 1 aliphatic heterocycles. The molecule has 0 radical (unpaired) electrons. The number of hydrogen-bond donors (Lipinski definition) is 1. The molecular weight excluding hydrogens is 231 g/mol. The lowest BCUT2D eigenvalue weighted by atomic mass is 10.2. The van der Waals surface area contributed by atoms with E-state index in [1.165, 1.54) is 13.2 Å². The molecule has 5 heteroatoms. The largest absolute Gasteiger partial charge is 0.494 e. The van der Waals surface area contributed by atoms with Crippen molar-refractivity contribution >= 4 is 18.1 Å². The highest BCUT2D eigenvalue weighted by Gasteiger charge is 2.12. The molecule has 0 spiro atoms. The Kier molecular flexibility index (Phi) is 4.83. The average molecular weight is 247 g/mol. The van der Waals surface area contributed by atoms with E-state index in [2.05, 4.69) is 10.2 Å². The molecule has 3 nitrogen and oxygen atoms in total. The van der Waals surface area contributed by atoms with Gasteiger partial charge in [-0.1, -0.05) is 0 Å². The molecule has 1 aromatic carbocycles. The molecule has 0 bridgehead atoms. The van der Waals surface area contributed by atoms with E-state index in [1.807, 2.05) is 6.07 Å². The number of halogens is 2. The Morgan fingerprint density at radius 2 is 2.00 bits per heavy atom. The molecule has 1 heterocycles. The molecule has 0 amide bonds. The second-order valence-corrected chi connectivity index (χ2v) is 3.56. The fourth-order valence-corrected chi connectivity index (χ4v) is 1.78. The summed E-state index contributed by atoms with van der Waals surface area (Å²) < 4.78 is 18.3. The van der Waals surface area contributed by atoms with Gasteiger partial charge in [-0.05, 0) is 12.1 Å². The number of benzene rings is 1. The summed E-state index contributed by atoms with van der Waals surface area (Å²) in [5.41, 5.74) is 0.926. The van der Waals surface area contributed by atoms with Gasteiger partial charge in [0, 0.05) is 37.9 Å². The minimum atomic E-state index is -0.298. The number of nitrogens with zero attached hydrogens (tertiary/aromatic N) is 1. The van der Waals surface area contributed by atoms with Crippen molar-refractivity contribution < 1.29 is 9.13 Å². The van der Waals surface area contributed by atoms with Crippen LogP contribution in [-0.2, 0) is 0 Å². The van der Waals surface area contributed by atoms with E-state index in [0.717, 1.165) is 31.9 Å². The molecule has 1 aromatic rings. The van der Waals surface area contributed by atoms with Gasteiger partial charge in [0.15, 0.2) is 11.6 Å². The van der Waals surface area contributed by atoms with Gasteiger partial charge in [0.2, 0.25) is 0 Å². The molecule has 1 aliphatic rings. The smallest absolute Gasteiger partial charge is 0.167 e. The van der Waals surface area contributed by atoms with Crippen LogP contribution in [0.4, 0.5) is 10.1 Å². The summed E-state index contributed by atoms with van der Waals surface area (Å²) in [5.74, 6) is 0.00224. The fraction of sp³-hybridized carbons (Fsp3) is 0.455. The zero-order chi connectivity index (χ0) is 10.7. The first-order valence-electron chi connectivity index (χ1n) is 5.10. The van der Waals surface area contributed by atoms with E-state index in [0.29, 0.717) is 5.75 Å². The summed E-state index contributed by atoms with van der Waals surface area (Å²) in [6, 6.07) is 5.10. The summed E-state index contributed by atoms with van der Waals surface area (Å²) in [5, 5.41) is 3.26. The van der Waals surface area contributed by atoms with Crippen molar-refractivity contribution in [1.82, 2.24) is 5.32 Å². The number of piperazine rings is 1. The van der Waals surface area contributed by atoms with Crippen LogP contribution < -0.4 is 15.0 Å². The number of methoxy groups -OCH3 is 1. The summed E-state index contributed by atoms with van der Waals surface area (Å²) in [6.07, 6.45) is 0. The van der Waals surface area contributed by atoms with Crippen LogP contribution in [0.2, 0.25) is 0 Å². The van der Waals surface area contributed by atoms with Crippen LogP contribution in [0.3, 0.4) is 0 Å². The lowest BCUT2D eigenvalue weighted by Crippen LogP contribution is -2.43. The highest BCUT2D eigenvalue weighted by Crippen LogP contribution is 2.23. The highest BCUT2D eigenvalue weighted by molar-refractivity contribution is 5.85. The van der Waals surface area contributed by atoms with Gasteiger partial charge in [0.25, 0.3) is 0 Å². The van der Waals surface area contributed by atoms with Crippen LogP contribution in [0.5, 0.6) is 5.75 Å². The summed E-state index contributed by atoms with van der Waals surface area (Å²) in [6.45, 7) is 3.75. The standard InChI is InChI=1S/C11H15FN2O.ClH/c1-15-11-3-2-9(8-10(11)12)14-6-4-13-5-7-14;/h2-3,8,13H,4-7H2,1H3;1H. The predicted molar refractivity (Wildman–Crippen MR) is 65.3 cm³/mol. The molecule has 16 heavy (non-hydrogen) atoms. The first-order chi connectivity index (χ1) is 7.31. The van der Waals surface area contributed by atoms with Crippen molar-refractivity contribution in [3.05, 3.63) is 24.0 Å². The highest BCUT2D eigenvalue weighted by atomic mass is 35.5. The number of rotatable bonds is 2. The Morgan fingerprint density at radius 3 is 2.56 bits per heavy atom. The first-order valence-corrected chi connectivity index (χ1v) is 5.10. The van der Waals surface area contributed by atoms with Gasteiger partial charge >= 0.3 is 0 Å². The lowest BCUT2D eigenvalue weighted by molar-refractivity contribution is 0.386. The molecule has 2 rings (SSSR count). The number of nitrogens with one attached hydrogen (secondary N) is 1. The van der Waals surface area contributed by atoms with Crippen molar-refractivity contribution in [2.24, 2.45) is 0 Å². The Balaban J connectivity index is 0.00000128. The van der Waals surface area contributed by atoms with Crippen LogP contribution >= 0.6 is 12.4 Å². The number of hydrogen-bond acceptors (Lipinski definition) is 3. The summed E-state index contributed by atoms with van der Waals surface area (Å²) in [7, 11) is 1.48. The lowest BCUT2D eigenvalue weighted by Gasteiger charge is -2.29. The van der Waals surface area contributed by atoms with Crippen molar-refractivity contribution in [2.45, 2.75) is 0 Å². The third-order valence-corrected chi connectivity index (χ3v) is 2.62. The molecule has 0 aliphatic carbocycles. The zero-order valence-electron chi connectivity index (χ0n) is 9.20. The van der Waals surface area contributed by atoms with Crippen LogP contribution in [0.15, 0.2) is 18.2 Å². The van der Waals surface area contributed by atoms with Gasteiger partial charge in [-0.15, -0.1) is 12.4 Å². The number of anilines is 1. The van der Waals surface area contributed by atoms with E-state index in [-0.39, 0.29) is 18.2 Å². The second kappa shape index (κ2) is 5.92. The maximum absolute atomic E-state index is 13.4. The van der Waals surface area contributed by atoms with Gasteiger partial charge in [-0.25, -0.2) is 4.39 Å². The first kappa shape index (κ1) is 13.1. The molecule has 90 valence electrons. The summed E-state index contributed by atoms with van der Waals surface area (Å²) in [4.78, 5) is 2.17. The minimum Gasteiger partial charge on any atom is -0.494 e. The fourth-order valence-electron chi connectivity index (χ4n) is 1.78. The number of ether oxygens (including phenoxy) is 1. The van der Waals surface area contributed by atoms with Gasteiger partial charge in [-0.2, -0.15) is 0 Å². The molecular formula is C11H16ClFN2O. The third kappa shape index (κ3) is 2.77. The third-order valence-electron chi connectivity index (χ3n) is 2.62. The maximum Gasteiger partial charge on any atom is 0.167 e. The Labute approximate surface area is 101 Å². The van der Waals surface area contributed by atoms with Gasteiger partial charge in [0.1, 0.15) is 0 Å². The average Bonchev–Trinajstić information content (AvgIpc) is 2.30. The molecule has 0 saturated carbocycles. The van der Waals surface area contributed by atoms with Crippen LogP contribution in [0, 0.1) is 5.82 Å². The second-order valence-electron chi connectivity index (χ2n) is 3.56. The SMILES string of the molecule is COc1ccc(N2CCNCC2)cc1F.Cl. The van der Waals surface area contributed by atoms with Crippen molar-refractivity contribution in [3.8, 4) is 5.75 Å². The Hall–Kier alpha value is -1.00. The maximum atomic E-state index is 13.4. The van der Waals surface area contributed by atoms with E-state index in [1.54, 1.807) is 6.07 Å². The van der Waals surface area contributed by atoms with Crippen LogP contribution in [0.25, 0.3) is 0 Å². The summed E-state index contributed by atoms with van der Waals surface area (Å²) >= 11 is 0. The molecule has 1 saturated heterocycles. The van der Waals surface area contributed by atoms with Crippen LogP contribution in [0.1, 0.15) is 0 Å². The van der Waals surface area contributed by atoms with E-state index >= 15 is 0 Å². The molecule has 0 atom stereocenters. The van der Waals surface area contributed by atoms with E-state index < -0.39 is 0 Å². The topological polar surface area (TPSA) is 24.5 Å². The normalized spacial score (nSPS) is 15.5. The Bertz CT molecular complexity index is 343. The van der Waals surface area contributed by atoms with Gasteiger partial charge < -0.3 is 15.0 Å².